The fourth-order valence-corrected chi connectivity index (χ4v) is 7.94. The highest BCUT2D eigenvalue weighted by Gasteiger charge is 2.65. The molecule has 6 bridgehead atoms. The number of fused-ring (bicyclic) bond motifs is 3. The van der Waals surface area contributed by atoms with Gasteiger partial charge >= 0.3 is 0 Å². The Morgan fingerprint density at radius 1 is 1.05 bits per heavy atom. The highest BCUT2D eigenvalue weighted by molar-refractivity contribution is 5.26. The fourth-order valence-electron chi connectivity index (χ4n) is 7.94. The van der Waals surface area contributed by atoms with E-state index in [0.717, 1.165) is 29.6 Å². The van der Waals surface area contributed by atoms with Crippen LogP contribution in [0, 0.1) is 40.4 Å². The summed E-state index contributed by atoms with van der Waals surface area (Å²) < 4.78 is 0. The largest absolute Gasteiger partial charge is 0.103 e. The van der Waals surface area contributed by atoms with E-state index in [-0.39, 0.29) is 0 Å². The second-order valence-corrected chi connectivity index (χ2v) is 8.86. The third-order valence-corrected chi connectivity index (χ3v) is 8.28. The van der Waals surface area contributed by atoms with Crippen molar-refractivity contribution in [3.05, 3.63) is 24.8 Å². The molecule has 6 rings (SSSR count). The molecular formula is C20H28. The Kier molecular flexibility index (Phi) is 2.30. The van der Waals surface area contributed by atoms with Gasteiger partial charge in [-0.3, -0.25) is 0 Å². The summed E-state index contributed by atoms with van der Waals surface area (Å²) >= 11 is 0. The lowest BCUT2D eigenvalue weighted by Gasteiger charge is -2.66. The Bertz CT molecular complexity index is 442. The minimum atomic E-state index is 0.578. The molecule has 108 valence electrons. The van der Waals surface area contributed by atoms with Crippen LogP contribution in [0.4, 0.5) is 0 Å². The van der Waals surface area contributed by atoms with Gasteiger partial charge in [0.2, 0.25) is 0 Å². The van der Waals surface area contributed by atoms with Crippen molar-refractivity contribution in [3.63, 3.8) is 0 Å². The molecule has 0 amide bonds. The molecule has 2 atom stereocenters. The monoisotopic (exact) mass is 268 g/mol. The van der Waals surface area contributed by atoms with E-state index in [1.54, 1.807) is 32.1 Å². The first-order valence-corrected chi connectivity index (χ1v) is 9.06. The van der Waals surface area contributed by atoms with Crippen molar-refractivity contribution in [1.29, 1.82) is 0 Å². The zero-order valence-electron chi connectivity index (χ0n) is 12.7. The van der Waals surface area contributed by atoms with E-state index in [9.17, 15) is 0 Å². The van der Waals surface area contributed by atoms with Gasteiger partial charge < -0.3 is 0 Å². The minimum Gasteiger partial charge on any atom is -0.103 e. The molecule has 0 nitrogen and oxygen atoms in total. The topological polar surface area (TPSA) is 0 Å². The molecule has 0 N–H and O–H groups in total. The van der Waals surface area contributed by atoms with Gasteiger partial charge in [-0.15, -0.1) is 6.58 Å². The van der Waals surface area contributed by atoms with E-state index in [1.165, 1.54) is 25.7 Å². The Hall–Kier alpha value is -0.520. The quantitative estimate of drug-likeness (QED) is 0.604. The number of hydrogen-bond donors (Lipinski definition) is 0. The SMILES string of the molecule is C=CCC1(C23C=CC(CC2)C3)C2CC3CC(C2)CC1C3. The van der Waals surface area contributed by atoms with E-state index in [0.29, 0.717) is 10.8 Å². The second kappa shape index (κ2) is 3.81. The smallest absolute Gasteiger partial charge is 0.00477 e. The molecule has 0 heteroatoms. The first kappa shape index (κ1) is 12.1. The van der Waals surface area contributed by atoms with E-state index < -0.39 is 0 Å². The number of allylic oxidation sites excluding steroid dienone is 3. The van der Waals surface area contributed by atoms with Gasteiger partial charge in [-0.25, -0.2) is 0 Å². The average Bonchev–Trinajstić information content (AvgIpc) is 3.04. The molecule has 0 radical (unpaired) electrons. The van der Waals surface area contributed by atoms with Crippen molar-refractivity contribution in [2.45, 2.75) is 57.8 Å². The summed E-state index contributed by atoms with van der Waals surface area (Å²) in [6.45, 7) is 4.18. The molecule has 0 aromatic carbocycles. The minimum absolute atomic E-state index is 0.578. The van der Waals surface area contributed by atoms with Crippen LogP contribution in [0.1, 0.15) is 57.8 Å². The predicted octanol–water partition coefficient (Wildman–Crippen LogP) is 5.36. The molecule has 5 saturated carbocycles. The molecule has 0 aromatic rings. The molecule has 2 unspecified atom stereocenters. The van der Waals surface area contributed by atoms with Crippen LogP contribution in [0.2, 0.25) is 0 Å². The van der Waals surface area contributed by atoms with Crippen molar-refractivity contribution in [2.24, 2.45) is 40.4 Å². The Morgan fingerprint density at radius 2 is 1.75 bits per heavy atom. The Labute approximate surface area is 123 Å². The number of rotatable bonds is 3. The van der Waals surface area contributed by atoms with Gasteiger partial charge in [0.25, 0.3) is 0 Å². The molecule has 5 fully saturated rings. The third kappa shape index (κ3) is 1.26. The fraction of sp³-hybridized carbons (Fsp3) is 0.800. The molecule has 0 heterocycles. The summed E-state index contributed by atoms with van der Waals surface area (Å²) in [5.41, 5.74) is 1.19. The van der Waals surface area contributed by atoms with Gasteiger partial charge in [0.15, 0.2) is 0 Å². The maximum absolute atomic E-state index is 4.18. The van der Waals surface area contributed by atoms with Crippen molar-refractivity contribution < 1.29 is 0 Å². The van der Waals surface area contributed by atoms with Crippen molar-refractivity contribution in [1.82, 2.24) is 0 Å². The van der Waals surface area contributed by atoms with Crippen LogP contribution in [-0.2, 0) is 0 Å². The van der Waals surface area contributed by atoms with Gasteiger partial charge in [0.05, 0.1) is 0 Å². The van der Waals surface area contributed by atoms with Gasteiger partial charge in [0, 0.05) is 0 Å². The van der Waals surface area contributed by atoms with Gasteiger partial charge in [0.1, 0.15) is 0 Å². The average molecular weight is 268 g/mol. The van der Waals surface area contributed by atoms with Crippen LogP contribution < -0.4 is 0 Å². The maximum atomic E-state index is 4.18. The van der Waals surface area contributed by atoms with Crippen LogP contribution in [0.5, 0.6) is 0 Å². The van der Waals surface area contributed by atoms with Crippen molar-refractivity contribution >= 4 is 0 Å². The van der Waals surface area contributed by atoms with Crippen LogP contribution in [0.25, 0.3) is 0 Å². The summed E-state index contributed by atoms with van der Waals surface area (Å²) in [5.74, 6) is 5.16. The predicted molar refractivity (Wildman–Crippen MR) is 83.2 cm³/mol. The van der Waals surface area contributed by atoms with Crippen LogP contribution in [0.3, 0.4) is 0 Å². The zero-order chi connectivity index (χ0) is 13.4. The van der Waals surface area contributed by atoms with E-state index in [1.807, 2.05) is 0 Å². The first-order chi connectivity index (χ1) is 9.76. The summed E-state index contributed by atoms with van der Waals surface area (Å²) in [6, 6.07) is 0. The summed E-state index contributed by atoms with van der Waals surface area (Å²) in [5, 5.41) is 0. The van der Waals surface area contributed by atoms with Gasteiger partial charge in [-0.1, -0.05) is 18.2 Å². The van der Waals surface area contributed by atoms with E-state index in [2.05, 4.69) is 24.8 Å². The zero-order valence-corrected chi connectivity index (χ0v) is 12.7. The van der Waals surface area contributed by atoms with Crippen LogP contribution >= 0.6 is 0 Å². The van der Waals surface area contributed by atoms with Crippen molar-refractivity contribution in [3.8, 4) is 0 Å². The second-order valence-electron chi connectivity index (χ2n) is 8.86. The lowest BCUT2D eigenvalue weighted by molar-refractivity contribution is -0.161. The molecular weight excluding hydrogens is 240 g/mol. The molecule has 0 saturated heterocycles. The highest BCUT2D eigenvalue weighted by atomic mass is 14.7. The van der Waals surface area contributed by atoms with Crippen molar-refractivity contribution in [2.75, 3.05) is 0 Å². The van der Waals surface area contributed by atoms with Gasteiger partial charge in [-0.05, 0) is 98.2 Å². The lowest BCUT2D eigenvalue weighted by atomic mass is 9.38. The van der Waals surface area contributed by atoms with Crippen LogP contribution in [0.15, 0.2) is 24.8 Å². The molecule has 20 heavy (non-hydrogen) atoms. The normalized spacial score (nSPS) is 58.5. The molecule has 0 aromatic heterocycles. The molecule has 6 aliphatic rings. The first-order valence-electron chi connectivity index (χ1n) is 9.06. The molecule has 6 aliphatic carbocycles. The summed E-state index contributed by atoms with van der Waals surface area (Å²) in [7, 11) is 0. The standard InChI is InChI=1S/C20H28/c1-2-5-20(19-6-3-14(13-19)4-7-19)17-9-15-8-16(11-17)12-18(20)10-15/h2-3,6,14-18H,1,4-5,7-13H2. The third-order valence-electron chi connectivity index (χ3n) is 8.28. The Balaban J connectivity index is 1.63. The van der Waals surface area contributed by atoms with Gasteiger partial charge in [-0.2, -0.15) is 0 Å². The lowest BCUT2D eigenvalue weighted by Crippen LogP contribution is -2.59. The maximum Gasteiger partial charge on any atom is -0.00477 e. The highest BCUT2D eigenvalue weighted by Crippen LogP contribution is 2.74. The summed E-state index contributed by atoms with van der Waals surface area (Å²) in [6.07, 6.45) is 21.1. The Morgan fingerprint density at radius 3 is 2.20 bits per heavy atom. The summed E-state index contributed by atoms with van der Waals surface area (Å²) in [4.78, 5) is 0. The molecule has 0 spiro atoms. The number of hydrogen-bond acceptors (Lipinski definition) is 0. The van der Waals surface area contributed by atoms with E-state index >= 15 is 0 Å². The van der Waals surface area contributed by atoms with Crippen LogP contribution in [-0.4, -0.2) is 0 Å². The molecule has 0 aliphatic heterocycles. The van der Waals surface area contributed by atoms with E-state index in [4.69, 9.17) is 0 Å².